The van der Waals surface area contributed by atoms with Crippen LogP contribution in [0.25, 0.3) is 22.9 Å². The number of rotatable bonds is 3. The van der Waals surface area contributed by atoms with Crippen molar-refractivity contribution in [3.8, 4) is 17.3 Å². The fraction of sp³-hybridized carbons (Fsp3) is 0.118. The Bertz CT molecular complexity index is 959. The maximum Gasteiger partial charge on any atom is 0.134 e. The third-order valence-corrected chi connectivity index (χ3v) is 4.96. The Morgan fingerprint density at radius 1 is 1.33 bits per heavy atom. The maximum atomic E-state index is 9.51. The predicted octanol–water partition coefficient (Wildman–Crippen LogP) is 5.52. The van der Waals surface area contributed by atoms with Crippen LogP contribution in [0.3, 0.4) is 0 Å². The lowest BCUT2D eigenvalue weighted by atomic mass is 10.1. The van der Waals surface area contributed by atoms with E-state index in [0.29, 0.717) is 20.6 Å². The molecule has 120 valence electrons. The van der Waals surface area contributed by atoms with Gasteiger partial charge in [-0.05, 0) is 38.1 Å². The van der Waals surface area contributed by atoms with Crippen LogP contribution < -0.4 is 0 Å². The molecule has 0 fully saturated rings. The minimum atomic E-state index is 0.490. The van der Waals surface area contributed by atoms with Gasteiger partial charge in [0, 0.05) is 27.2 Å². The Kier molecular flexibility index (Phi) is 4.72. The monoisotopic (exact) mass is 374 g/mol. The second-order valence-electron chi connectivity index (χ2n) is 5.18. The number of benzene rings is 1. The first-order chi connectivity index (χ1) is 11.5. The summed E-state index contributed by atoms with van der Waals surface area (Å²) in [7, 11) is 0. The van der Waals surface area contributed by atoms with Crippen LogP contribution in [0.1, 0.15) is 22.0 Å². The molecule has 0 atom stereocenters. The van der Waals surface area contributed by atoms with E-state index in [1.165, 1.54) is 11.3 Å². The van der Waals surface area contributed by atoms with E-state index in [1.807, 2.05) is 25.3 Å². The van der Waals surface area contributed by atoms with Gasteiger partial charge in [-0.3, -0.25) is 5.10 Å². The minimum Gasteiger partial charge on any atom is -0.282 e. The summed E-state index contributed by atoms with van der Waals surface area (Å²) in [6.45, 7) is 3.81. The number of aromatic amines is 1. The third kappa shape index (κ3) is 3.22. The summed E-state index contributed by atoms with van der Waals surface area (Å²) in [5.74, 6) is 0. The molecule has 4 nitrogen and oxygen atoms in total. The van der Waals surface area contributed by atoms with E-state index in [0.717, 1.165) is 28.2 Å². The summed E-state index contributed by atoms with van der Waals surface area (Å²) in [4.78, 5) is 4.55. The van der Waals surface area contributed by atoms with Gasteiger partial charge in [-0.2, -0.15) is 10.4 Å². The molecule has 2 aromatic heterocycles. The van der Waals surface area contributed by atoms with Gasteiger partial charge >= 0.3 is 0 Å². The van der Waals surface area contributed by atoms with E-state index in [2.05, 4.69) is 21.3 Å². The molecule has 0 saturated heterocycles. The van der Waals surface area contributed by atoms with E-state index in [4.69, 9.17) is 23.2 Å². The topological polar surface area (TPSA) is 65.4 Å². The first kappa shape index (κ1) is 16.7. The van der Waals surface area contributed by atoms with Gasteiger partial charge in [0.05, 0.1) is 22.0 Å². The second-order valence-corrected chi connectivity index (χ2v) is 6.88. The fourth-order valence-corrected chi connectivity index (χ4v) is 3.57. The zero-order valence-corrected chi connectivity index (χ0v) is 15.2. The maximum absolute atomic E-state index is 9.51. The molecule has 0 unspecified atom stereocenters. The van der Waals surface area contributed by atoms with Crippen molar-refractivity contribution < 1.29 is 0 Å². The summed E-state index contributed by atoms with van der Waals surface area (Å²) in [6, 6.07) is 7.48. The fourth-order valence-electron chi connectivity index (χ4n) is 2.28. The highest BCUT2D eigenvalue weighted by molar-refractivity contribution is 7.11. The van der Waals surface area contributed by atoms with Crippen molar-refractivity contribution in [2.24, 2.45) is 0 Å². The number of aryl methyl sites for hydroxylation is 2. The molecule has 1 N–H and O–H groups in total. The van der Waals surface area contributed by atoms with Crippen LogP contribution >= 0.6 is 34.5 Å². The SMILES string of the molecule is Cc1n[nH]c(C)c1/C=C(\C#N)c1nc(-c2ccc(Cl)cc2Cl)cs1. The average molecular weight is 375 g/mol. The first-order valence-electron chi connectivity index (χ1n) is 7.04. The molecule has 0 radical (unpaired) electrons. The van der Waals surface area contributed by atoms with E-state index >= 15 is 0 Å². The number of nitrogens with one attached hydrogen (secondary N) is 1. The summed E-state index contributed by atoms with van der Waals surface area (Å²) in [5.41, 5.74) is 4.67. The normalized spacial score (nSPS) is 11.5. The van der Waals surface area contributed by atoms with Crippen LogP contribution in [0.2, 0.25) is 10.0 Å². The molecular weight excluding hydrogens is 363 g/mol. The lowest BCUT2D eigenvalue weighted by Gasteiger charge is -2.01. The lowest BCUT2D eigenvalue weighted by Crippen LogP contribution is -1.85. The van der Waals surface area contributed by atoms with Gasteiger partial charge < -0.3 is 0 Å². The van der Waals surface area contributed by atoms with Crippen molar-refractivity contribution >= 4 is 46.2 Å². The van der Waals surface area contributed by atoms with Gasteiger partial charge in [0.2, 0.25) is 0 Å². The molecule has 7 heteroatoms. The number of thiazole rings is 1. The Hall–Kier alpha value is -2.13. The summed E-state index contributed by atoms with van der Waals surface area (Å²) in [5, 5.41) is 20.2. The summed E-state index contributed by atoms with van der Waals surface area (Å²) in [6.07, 6.45) is 1.81. The van der Waals surface area contributed by atoms with Crippen LogP contribution in [-0.2, 0) is 0 Å². The Morgan fingerprint density at radius 2 is 2.12 bits per heavy atom. The average Bonchev–Trinajstić information content (AvgIpc) is 3.14. The van der Waals surface area contributed by atoms with Gasteiger partial charge in [0.1, 0.15) is 11.1 Å². The molecule has 1 aromatic carbocycles. The highest BCUT2D eigenvalue weighted by atomic mass is 35.5. The van der Waals surface area contributed by atoms with Gasteiger partial charge in [0.15, 0.2) is 0 Å². The predicted molar refractivity (Wildman–Crippen MR) is 99.1 cm³/mol. The number of halogens is 2. The largest absolute Gasteiger partial charge is 0.282 e. The van der Waals surface area contributed by atoms with Gasteiger partial charge in [-0.15, -0.1) is 11.3 Å². The van der Waals surface area contributed by atoms with Crippen LogP contribution in [0, 0.1) is 25.2 Å². The molecule has 0 aliphatic carbocycles. The molecule has 0 spiro atoms. The highest BCUT2D eigenvalue weighted by Gasteiger charge is 2.13. The van der Waals surface area contributed by atoms with Gasteiger partial charge in [0.25, 0.3) is 0 Å². The third-order valence-electron chi connectivity index (χ3n) is 3.54. The highest BCUT2D eigenvalue weighted by Crippen LogP contribution is 2.33. The van der Waals surface area contributed by atoms with Crippen molar-refractivity contribution in [2.45, 2.75) is 13.8 Å². The quantitative estimate of drug-likeness (QED) is 0.613. The lowest BCUT2D eigenvalue weighted by molar-refractivity contribution is 1.02. The molecule has 0 aliphatic heterocycles. The molecule has 0 saturated carbocycles. The number of allylic oxidation sites excluding steroid dienone is 1. The van der Waals surface area contributed by atoms with Crippen molar-refractivity contribution in [1.29, 1.82) is 5.26 Å². The molecule has 0 aliphatic rings. The van der Waals surface area contributed by atoms with Crippen LogP contribution in [-0.4, -0.2) is 15.2 Å². The van der Waals surface area contributed by atoms with E-state index in [9.17, 15) is 5.26 Å². The minimum absolute atomic E-state index is 0.490. The second kappa shape index (κ2) is 6.78. The molecule has 2 heterocycles. The number of nitriles is 1. The van der Waals surface area contributed by atoms with E-state index in [-0.39, 0.29) is 0 Å². The molecule has 3 aromatic rings. The molecular formula is C17H12Cl2N4S. The number of nitrogens with zero attached hydrogens (tertiary/aromatic N) is 3. The van der Waals surface area contributed by atoms with Crippen molar-refractivity contribution in [1.82, 2.24) is 15.2 Å². The number of hydrogen-bond donors (Lipinski definition) is 1. The zero-order chi connectivity index (χ0) is 17.3. The summed E-state index contributed by atoms with van der Waals surface area (Å²) >= 11 is 13.6. The van der Waals surface area contributed by atoms with Crippen LogP contribution in [0.15, 0.2) is 23.6 Å². The van der Waals surface area contributed by atoms with E-state index < -0.39 is 0 Å². The molecule has 0 bridgehead atoms. The van der Waals surface area contributed by atoms with Gasteiger partial charge in [-0.25, -0.2) is 4.98 Å². The van der Waals surface area contributed by atoms with Crippen molar-refractivity contribution in [3.05, 3.63) is 55.6 Å². The standard InChI is InChI=1S/C17H12Cl2N4S/c1-9-14(10(2)23-22-9)5-11(7-20)17-21-16(8-24-17)13-4-3-12(18)6-15(13)19/h3-6,8H,1-2H3,(H,22,23)/b11-5+. The smallest absolute Gasteiger partial charge is 0.134 e. The number of aromatic nitrogens is 3. The van der Waals surface area contributed by atoms with Crippen LogP contribution in [0.4, 0.5) is 0 Å². The van der Waals surface area contributed by atoms with Crippen molar-refractivity contribution in [2.75, 3.05) is 0 Å². The number of H-pyrrole nitrogens is 1. The van der Waals surface area contributed by atoms with Crippen LogP contribution in [0.5, 0.6) is 0 Å². The number of hydrogen-bond acceptors (Lipinski definition) is 4. The van der Waals surface area contributed by atoms with Crippen molar-refractivity contribution in [3.63, 3.8) is 0 Å². The Morgan fingerprint density at radius 3 is 2.75 bits per heavy atom. The Balaban J connectivity index is 2.01. The molecule has 3 rings (SSSR count). The zero-order valence-electron chi connectivity index (χ0n) is 12.9. The van der Waals surface area contributed by atoms with E-state index in [1.54, 1.807) is 18.2 Å². The van der Waals surface area contributed by atoms with Gasteiger partial charge in [-0.1, -0.05) is 23.2 Å². The summed E-state index contributed by atoms with van der Waals surface area (Å²) < 4.78 is 0. The Labute approximate surface area is 153 Å². The first-order valence-corrected chi connectivity index (χ1v) is 8.68. The molecule has 0 amide bonds. The molecule has 24 heavy (non-hydrogen) atoms.